The van der Waals surface area contributed by atoms with Crippen molar-refractivity contribution in [3.05, 3.63) is 34.6 Å². The molecule has 3 aromatic rings. The predicted octanol–water partition coefficient (Wildman–Crippen LogP) is 2.04. The molecule has 4 rings (SSSR count). The van der Waals surface area contributed by atoms with Crippen molar-refractivity contribution in [2.75, 3.05) is 42.3 Å². The lowest BCUT2D eigenvalue weighted by atomic mass is 10.0. The van der Waals surface area contributed by atoms with E-state index in [1.807, 2.05) is 13.0 Å². The molecule has 0 radical (unpaired) electrons. The summed E-state index contributed by atoms with van der Waals surface area (Å²) >= 11 is 6.84. The maximum absolute atomic E-state index is 12.7. The average Bonchev–Trinajstić information content (AvgIpc) is 3.41. The summed E-state index contributed by atoms with van der Waals surface area (Å²) in [4.78, 5) is 53.2. The Hall–Kier alpha value is -4.71. The zero-order chi connectivity index (χ0) is 32.9. The van der Waals surface area contributed by atoms with Crippen molar-refractivity contribution in [2.24, 2.45) is 0 Å². The molecule has 3 unspecified atom stereocenters. The van der Waals surface area contributed by atoms with Crippen LogP contribution in [-0.2, 0) is 23.4 Å². The number of halogens is 1. The number of benzene rings is 1. The highest BCUT2D eigenvalue weighted by Crippen LogP contribution is 2.39. The molecule has 238 valence electrons. The summed E-state index contributed by atoms with van der Waals surface area (Å²) in [7, 11) is -3.83. The molecule has 1 aliphatic heterocycles. The normalized spacial score (nSPS) is 17.1. The van der Waals surface area contributed by atoms with Gasteiger partial charge in [-0.25, -0.2) is 19.1 Å². The number of nitriles is 2. The number of methoxy groups -OCH3 is 1. The number of hydrogen-bond donors (Lipinski definition) is 5. The maximum atomic E-state index is 12.7. The molecule has 1 aromatic carbocycles. The largest absolute Gasteiger partial charge is 0.470 e. The van der Waals surface area contributed by atoms with Gasteiger partial charge < -0.3 is 40.1 Å². The van der Waals surface area contributed by atoms with Crippen LogP contribution in [0.2, 0.25) is 5.02 Å². The highest BCUT2D eigenvalue weighted by Gasteiger charge is 2.37. The SMILES string of the molecule is CCNc1nc(Nc2cc(C#N)cc(N3CCC(NC(=O)OC)C(OC(=O)C(C)OP(=O)(O)O)C3)c2Cl)nn2c(C#N)cnc12. The highest BCUT2D eigenvalue weighted by atomic mass is 35.5. The van der Waals surface area contributed by atoms with Crippen LogP contribution in [0.15, 0.2) is 18.3 Å². The van der Waals surface area contributed by atoms with Crippen molar-refractivity contribution < 1.29 is 37.9 Å². The molecular formula is C25H28ClN10O8P. The van der Waals surface area contributed by atoms with Crippen molar-refractivity contribution in [1.82, 2.24) is 24.9 Å². The van der Waals surface area contributed by atoms with Crippen molar-refractivity contribution in [2.45, 2.75) is 38.5 Å². The third-order valence-electron chi connectivity index (χ3n) is 6.53. The number of fused-ring (bicyclic) bond motifs is 1. The van der Waals surface area contributed by atoms with Gasteiger partial charge in [0.2, 0.25) is 5.95 Å². The molecule has 2 aromatic heterocycles. The van der Waals surface area contributed by atoms with Crippen molar-refractivity contribution in [3.63, 3.8) is 0 Å². The van der Waals surface area contributed by atoms with Crippen LogP contribution in [0.4, 0.5) is 27.9 Å². The van der Waals surface area contributed by atoms with E-state index < -0.39 is 38.1 Å². The van der Waals surface area contributed by atoms with E-state index >= 15 is 0 Å². The molecule has 1 saturated heterocycles. The molecule has 1 amide bonds. The van der Waals surface area contributed by atoms with E-state index in [2.05, 4.69) is 46.3 Å². The number of nitrogens with one attached hydrogen (secondary N) is 3. The zero-order valence-electron chi connectivity index (χ0n) is 24.1. The molecule has 20 heteroatoms. The number of alkyl carbamates (subject to hydrolysis) is 1. The third-order valence-corrected chi connectivity index (χ3v) is 7.52. The summed E-state index contributed by atoms with van der Waals surface area (Å²) in [5.41, 5.74) is 1.32. The van der Waals surface area contributed by atoms with Crippen LogP contribution in [0.1, 0.15) is 31.5 Å². The van der Waals surface area contributed by atoms with E-state index in [0.29, 0.717) is 23.7 Å². The van der Waals surface area contributed by atoms with Gasteiger partial charge in [0.25, 0.3) is 0 Å². The fraction of sp³-hybridized carbons (Fsp3) is 0.400. The Bertz CT molecular complexity index is 1740. The smallest absolute Gasteiger partial charge is 0.456 e. The van der Waals surface area contributed by atoms with Gasteiger partial charge in [0.05, 0.1) is 53.9 Å². The standard InChI is InChI=1S/C25H28ClN10O8P/c1-4-29-21-22-30-11-15(10-28)36(22)34-24(33-21)31-17-7-14(9-27)8-18(20(17)26)35-6-5-16(32-25(38)42-3)19(12-35)43-23(37)13(2)44-45(39,40)41/h7-8,11,13,16,19H,4-6,12H2,1-3H3,(H,32,38)(H2,39,40,41)(H2,29,31,33,34). The van der Waals surface area contributed by atoms with Gasteiger partial charge in [0, 0.05) is 13.1 Å². The number of piperidine rings is 1. The van der Waals surface area contributed by atoms with Gasteiger partial charge in [0.15, 0.2) is 23.3 Å². The Morgan fingerprint density at radius 1 is 1.29 bits per heavy atom. The first-order valence-electron chi connectivity index (χ1n) is 13.3. The third kappa shape index (κ3) is 7.88. The van der Waals surface area contributed by atoms with Gasteiger partial charge in [-0.3, -0.25) is 4.52 Å². The first-order chi connectivity index (χ1) is 21.4. The van der Waals surface area contributed by atoms with Gasteiger partial charge in [-0.2, -0.15) is 20.0 Å². The minimum Gasteiger partial charge on any atom is -0.456 e. The van der Waals surface area contributed by atoms with Crippen molar-refractivity contribution >= 4 is 60.3 Å². The van der Waals surface area contributed by atoms with Crippen LogP contribution in [0.25, 0.3) is 5.65 Å². The lowest BCUT2D eigenvalue weighted by molar-refractivity contribution is -0.159. The average molecular weight is 663 g/mol. The van der Waals surface area contributed by atoms with Crippen LogP contribution >= 0.6 is 19.4 Å². The Morgan fingerprint density at radius 2 is 2.04 bits per heavy atom. The molecule has 3 atom stereocenters. The summed E-state index contributed by atoms with van der Waals surface area (Å²) in [6, 6.07) is 6.34. The molecule has 5 N–H and O–H groups in total. The number of hydrogen-bond acceptors (Lipinski definition) is 14. The van der Waals surface area contributed by atoms with Crippen molar-refractivity contribution in [3.8, 4) is 12.1 Å². The molecule has 45 heavy (non-hydrogen) atoms. The van der Waals surface area contributed by atoms with Gasteiger partial charge in [-0.15, -0.1) is 5.10 Å². The second-order valence-corrected chi connectivity index (χ2v) is 11.2. The second kappa shape index (κ2) is 13.9. The monoisotopic (exact) mass is 662 g/mol. The Balaban J connectivity index is 1.66. The van der Waals surface area contributed by atoms with E-state index in [4.69, 9.17) is 26.1 Å². The van der Waals surface area contributed by atoms with E-state index in [1.54, 1.807) is 4.90 Å². The minimum absolute atomic E-state index is 0.0442. The number of carbonyl (C=O) groups excluding carboxylic acids is 2. The number of nitrogens with zero attached hydrogens (tertiary/aromatic N) is 7. The van der Waals surface area contributed by atoms with E-state index in [1.165, 1.54) is 30.0 Å². The molecule has 0 aliphatic carbocycles. The van der Waals surface area contributed by atoms with Crippen LogP contribution in [0.5, 0.6) is 0 Å². The predicted molar refractivity (Wildman–Crippen MR) is 158 cm³/mol. The maximum Gasteiger partial charge on any atom is 0.470 e. The summed E-state index contributed by atoms with van der Waals surface area (Å²) in [6.07, 6.45) is -1.87. The summed E-state index contributed by atoms with van der Waals surface area (Å²) in [6.45, 7) is 3.70. The first kappa shape index (κ1) is 33.2. The Kier molecular flexibility index (Phi) is 10.3. The van der Waals surface area contributed by atoms with Gasteiger partial charge in [-0.1, -0.05) is 11.6 Å². The highest BCUT2D eigenvalue weighted by molar-refractivity contribution is 7.46. The number of rotatable bonds is 10. The quantitative estimate of drug-likeness (QED) is 0.154. The number of amides is 1. The molecule has 1 aliphatic rings. The van der Waals surface area contributed by atoms with Crippen LogP contribution < -0.4 is 20.9 Å². The number of esters is 1. The summed E-state index contributed by atoms with van der Waals surface area (Å²) in [5.74, 6) is -0.685. The molecule has 0 spiro atoms. The number of phosphoric acid groups is 1. The van der Waals surface area contributed by atoms with Gasteiger partial charge in [-0.05, 0) is 32.4 Å². The molecule has 0 saturated carbocycles. The fourth-order valence-corrected chi connectivity index (χ4v) is 5.31. The van der Waals surface area contributed by atoms with Gasteiger partial charge >= 0.3 is 19.9 Å². The number of aromatic nitrogens is 4. The molecule has 0 bridgehead atoms. The zero-order valence-corrected chi connectivity index (χ0v) is 25.7. The number of carbonyl (C=O) groups is 2. The number of ether oxygens (including phenoxy) is 2. The van der Waals surface area contributed by atoms with Crippen LogP contribution in [0.3, 0.4) is 0 Å². The Morgan fingerprint density at radius 3 is 2.69 bits per heavy atom. The topological polar surface area (TPSA) is 249 Å². The first-order valence-corrected chi connectivity index (χ1v) is 15.2. The number of anilines is 4. The van der Waals surface area contributed by atoms with E-state index in [0.717, 1.165) is 6.92 Å². The van der Waals surface area contributed by atoms with Crippen LogP contribution in [-0.4, -0.2) is 86.4 Å². The summed E-state index contributed by atoms with van der Waals surface area (Å²) < 4.78 is 27.2. The summed E-state index contributed by atoms with van der Waals surface area (Å²) in [5, 5.41) is 32.4. The van der Waals surface area contributed by atoms with Gasteiger partial charge in [0.1, 0.15) is 12.2 Å². The van der Waals surface area contributed by atoms with Crippen molar-refractivity contribution in [1.29, 1.82) is 10.5 Å². The minimum atomic E-state index is -5.00. The van der Waals surface area contributed by atoms with E-state index in [-0.39, 0.29) is 47.4 Å². The van der Waals surface area contributed by atoms with Crippen LogP contribution in [0, 0.1) is 22.7 Å². The lowest BCUT2D eigenvalue weighted by Gasteiger charge is -2.40. The fourth-order valence-electron chi connectivity index (χ4n) is 4.54. The lowest BCUT2D eigenvalue weighted by Crippen LogP contribution is -2.56. The molecule has 3 heterocycles. The molecule has 1 fully saturated rings. The molecular weight excluding hydrogens is 635 g/mol. The van der Waals surface area contributed by atoms with E-state index in [9.17, 15) is 24.7 Å². The molecule has 18 nitrogen and oxygen atoms in total. The number of imidazole rings is 1. The Labute approximate surface area is 261 Å². The number of phosphoric ester groups is 1. The second-order valence-electron chi connectivity index (χ2n) is 9.59.